The molecule has 0 saturated carbocycles. The molecule has 1 unspecified atom stereocenters. The lowest BCUT2D eigenvalue weighted by Gasteiger charge is -2.13. The Kier molecular flexibility index (Phi) is 14.1. The van der Waals surface area contributed by atoms with Crippen LogP contribution in [0, 0.1) is 0 Å². The molecule has 5 nitrogen and oxygen atoms in total. The Morgan fingerprint density at radius 3 is 2.10 bits per heavy atom. The number of hydrogen-bond acceptors (Lipinski definition) is 5. The lowest BCUT2D eigenvalue weighted by molar-refractivity contribution is 0.0319. The van der Waals surface area contributed by atoms with E-state index < -0.39 is 0 Å². The number of nitrogens with zero attached hydrogens (tertiary/aromatic N) is 2. The summed E-state index contributed by atoms with van der Waals surface area (Å²) in [5.74, 6) is 1.39. The first-order valence-corrected chi connectivity index (χ1v) is 15.0. The molecule has 5 heteroatoms. The molecule has 0 aliphatic rings. The van der Waals surface area contributed by atoms with Crippen molar-refractivity contribution in [2.75, 3.05) is 6.61 Å². The summed E-state index contributed by atoms with van der Waals surface area (Å²) in [6.45, 7) is 5.00. The third-order valence-electron chi connectivity index (χ3n) is 6.98. The van der Waals surface area contributed by atoms with Crippen molar-refractivity contribution in [1.29, 1.82) is 0 Å². The van der Waals surface area contributed by atoms with Crippen molar-refractivity contribution in [3.8, 4) is 17.1 Å². The van der Waals surface area contributed by atoms with Gasteiger partial charge in [0.25, 0.3) is 0 Å². The fourth-order valence-corrected chi connectivity index (χ4v) is 4.58. The molecule has 0 fully saturated rings. The molecule has 39 heavy (non-hydrogen) atoms. The lowest BCUT2D eigenvalue weighted by atomic mass is 10.1. The lowest BCUT2D eigenvalue weighted by Crippen LogP contribution is -2.14. The van der Waals surface area contributed by atoms with Gasteiger partial charge in [-0.05, 0) is 81.0 Å². The van der Waals surface area contributed by atoms with Crippen LogP contribution in [0.25, 0.3) is 11.4 Å². The number of hydrogen-bond donors (Lipinski definition) is 0. The highest BCUT2D eigenvalue weighted by atomic mass is 16.5. The van der Waals surface area contributed by atoms with E-state index in [1.165, 1.54) is 44.9 Å². The average Bonchev–Trinajstić information content (AvgIpc) is 2.97. The minimum atomic E-state index is -0.249. The molecule has 1 atom stereocenters. The fourth-order valence-electron chi connectivity index (χ4n) is 4.58. The Bertz CT molecular complexity index is 1050. The van der Waals surface area contributed by atoms with Crippen LogP contribution in [0.3, 0.4) is 0 Å². The van der Waals surface area contributed by atoms with Crippen molar-refractivity contribution in [3.63, 3.8) is 0 Å². The molecule has 1 heterocycles. The Morgan fingerprint density at radius 2 is 1.41 bits per heavy atom. The van der Waals surface area contributed by atoms with Crippen molar-refractivity contribution in [2.24, 2.45) is 0 Å². The Labute approximate surface area is 235 Å². The van der Waals surface area contributed by atoms with E-state index in [-0.39, 0.29) is 12.1 Å². The number of esters is 1. The molecular formula is C34H46N2O3. The summed E-state index contributed by atoms with van der Waals surface area (Å²) < 4.78 is 11.5. The van der Waals surface area contributed by atoms with Crippen LogP contribution in [-0.4, -0.2) is 28.6 Å². The van der Waals surface area contributed by atoms with E-state index in [9.17, 15) is 4.79 Å². The van der Waals surface area contributed by atoms with E-state index in [1.807, 2.05) is 61.8 Å². The summed E-state index contributed by atoms with van der Waals surface area (Å²) in [5, 5.41) is 0. The molecule has 210 valence electrons. The summed E-state index contributed by atoms with van der Waals surface area (Å²) >= 11 is 0. The van der Waals surface area contributed by atoms with Gasteiger partial charge >= 0.3 is 5.97 Å². The molecule has 0 radical (unpaired) electrons. The van der Waals surface area contributed by atoms with Crippen LogP contribution in [0.15, 0.2) is 67.0 Å². The normalized spacial score (nSPS) is 11.7. The number of aryl methyl sites for hydroxylation is 1. The second-order valence-electron chi connectivity index (χ2n) is 10.4. The number of carbonyl (C=O) groups is 1. The minimum Gasteiger partial charge on any atom is -0.494 e. The first-order valence-electron chi connectivity index (χ1n) is 15.0. The van der Waals surface area contributed by atoms with Crippen molar-refractivity contribution >= 4 is 5.97 Å². The zero-order valence-corrected chi connectivity index (χ0v) is 23.9. The quantitative estimate of drug-likeness (QED) is 0.114. The second kappa shape index (κ2) is 18.1. The largest absolute Gasteiger partial charge is 0.494 e. The Balaban J connectivity index is 1.27. The zero-order chi connectivity index (χ0) is 27.5. The average molecular weight is 531 g/mol. The maximum atomic E-state index is 12.1. The number of unbranched alkanes of at least 4 members (excludes halogenated alkanes) is 9. The molecular weight excluding hydrogens is 484 g/mol. The highest BCUT2D eigenvalue weighted by Crippen LogP contribution is 2.20. The summed E-state index contributed by atoms with van der Waals surface area (Å²) in [4.78, 5) is 21.3. The van der Waals surface area contributed by atoms with Gasteiger partial charge in [0.1, 0.15) is 5.75 Å². The number of aromatic nitrogens is 2. The van der Waals surface area contributed by atoms with Crippen LogP contribution in [0.4, 0.5) is 0 Å². The van der Waals surface area contributed by atoms with Crippen LogP contribution in [0.5, 0.6) is 5.75 Å². The molecule has 0 bridgehead atoms. The van der Waals surface area contributed by atoms with E-state index >= 15 is 0 Å². The monoisotopic (exact) mass is 530 g/mol. The van der Waals surface area contributed by atoms with Crippen LogP contribution in [-0.2, 0) is 11.2 Å². The predicted molar refractivity (Wildman–Crippen MR) is 159 cm³/mol. The molecule has 0 saturated heterocycles. The molecule has 0 spiro atoms. The molecule has 1 aromatic heterocycles. The van der Waals surface area contributed by atoms with E-state index in [4.69, 9.17) is 9.47 Å². The van der Waals surface area contributed by atoms with Gasteiger partial charge in [-0.3, -0.25) is 0 Å². The number of benzene rings is 2. The molecule has 0 amide bonds. The van der Waals surface area contributed by atoms with Crippen molar-refractivity contribution in [3.05, 3.63) is 78.1 Å². The number of carbonyl (C=O) groups excluding carboxylic acids is 1. The Morgan fingerprint density at radius 1 is 0.769 bits per heavy atom. The second-order valence-corrected chi connectivity index (χ2v) is 10.4. The molecule has 2 aromatic carbocycles. The van der Waals surface area contributed by atoms with Gasteiger partial charge in [-0.25, -0.2) is 14.8 Å². The SMILES string of the molecule is CCCCCCCCCCOc1ccc(-c2ncc(CCCCCC(C)OC(=O)c3ccccc3)cn2)cc1. The third kappa shape index (κ3) is 12.0. The summed E-state index contributed by atoms with van der Waals surface area (Å²) in [7, 11) is 0. The maximum absolute atomic E-state index is 12.1. The van der Waals surface area contributed by atoms with E-state index in [0.29, 0.717) is 5.56 Å². The van der Waals surface area contributed by atoms with E-state index in [2.05, 4.69) is 16.9 Å². The predicted octanol–water partition coefficient (Wildman–Crippen LogP) is 9.01. The summed E-state index contributed by atoms with van der Waals surface area (Å²) in [5.41, 5.74) is 2.75. The molecule has 0 aliphatic carbocycles. The molecule has 0 N–H and O–H groups in total. The number of rotatable bonds is 19. The Hall–Kier alpha value is -3.21. The van der Waals surface area contributed by atoms with Gasteiger partial charge in [-0.1, -0.05) is 76.5 Å². The van der Waals surface area contributed by atoms with Gasteiger partial charge in [0.2, 0.25) is 0 Å². The smallest absolute Gasteiger partial charge is 0.338 e. The van der Waals surface area contributed by atoms with Crippen LogP contribution in [0.2, 0.25) is 0 Å². The highest BCUT2D eigenvalue weighted by Gasteiger charge is 2.11. The highest BCUT2D eigenvalue weighted by molar-refractivity contribution is 5.89. The fraction of sp³-hybridized carbons (Fsp3) is 0.500. The first kappa shape index (κ1) is 30.3. The zero-order valence-electron chi connectivity index (χ0n) is 23.9. The topological polar surface area (TPSA) is 61.3 Å². The van der Waals surface area contributed by atoms with Crippen LogP contribution >= 0.6 is 0 Å². The van der Waals surface area contributed by atoms with E-state index in [1.54, 1.807) is 12.1 Å². The van der Waals surface area contributed by atoms with Gasteiger partial charge in [-0.15, -0.1) is 0 Å². The third-order valence-corrected chi connectivity index (χ3v) is 6.98. The molecule has 3 aromatic rings. The standard InChI is InChI=1S/C34H46N2O3/c1-3-4-5-6-7-8-9-16-25-38-32-23-21-30(22-24-32)33-35-26-29(27-36-33)18-13-10-12-17-28(2)39-34(37)31-19-14-11-15-20-31/h11,14-15,19-24,26-28H,3-10,12-13,16-18,25H2,1-2H3. The van der Waals surface area contributed by atoms with Gasteiger partial charge in [-0.2, -0.15) is 0 Å². The van der Waals surface area contributed by atoms with Gasteiger partial charge in [0.05, 0.1) is 18.3 Å². The molecule has 3 rings (SSSR count). The van der Waals surface area contributed by atoms with Crippen LogP contribution < -0.4 is 4.74 Å². The first-order chi connectivity index (χ1) is 19.2. The summed E-state index contributed by atoms with van der Waals surface area (Å²) in [6.07, 6.45) is 19.2. The van der Waals surface area contributed by atoms with Crippen LogP contribution in [0.1, 0.15) is 107 Å². The summed E-state index contributed by atoms with van der Waals surface area (Å²) in [6, 6.07) is 17.2. The van der Waals surface area contributed by atoms with Gasteiger partial charge in [0, 0.05) is 18.0 Å². The molecule has 0 aliphatic heterocycles. The maximum Gasteiger partial charge on any atom is 0.338 e. The van der Waals surface area contributed by atoms with Crippen molar-refractivity contribution in [1.82, 2.24) is 9.97 Å². The minimum absolute atomic E-state index is 0.0813. The van der Waals surface area contributed by atoms with Gasteiger partial charge < -0.3 is 9.47 Å². The van der Waals surface area contributed by atoms with Crippen molar-refractivity contribution < 1.29 is 14.3 Å². The van der Waals surface area contributed by atoms with E-state index in [0.717, 1.165) is 67.8 Å². The number of ether oxygens (including phenoxy) is 2. The van der Waals surface area contributed by atoms with Crippen molar-refractivity contribution in [2.45, 2.75) is 103 Å². The van der Waals surface area contributed by atoms with Gasteiger partial charge in [0.15, 0.2) is 5.82 Å².